The Labute approximate surface area is 115 Å². The van der Waals surface area contributed by atoms with E-state index in [0.29, 0.717) is 12.1 Å². The van der Waals surface area contributed by atoms with Crippen LogP contribution in [0.15, 0.2) is 24.3 Å². The molecule has 0 bridgehead atoms. The Morgan fingerprint density at radius 1 is 1.21 bits per heavy atom. The van der Waals surface area contributed by atoms with E-state index >= 15 is 0 Å². The highest BCUT2D eigenvalue weighted by molar-refractivity contribution is 5.94. The van der Waals surface area contributed by atoms with Crippen molar-refractivity contribution < 1.29 is 9.90 Å². The van der Waals surface area contributed by atoms with Gasteiger partial charge in [-0.2, -0.15) is 0 Å². The van der Waals surface area contributed by atoms with Crippen molar-refractivity contribution in [2.24, 2.45) is 0 Å². The quantitative estimate of drug-likeness (QED) is 0.854. The lowest BCUT2D eigenvalue weighted by atomic mass is 10.1. The van der Waals surface area contributed by atoms with Crippen LogP contribution in [0.2, 0.25) is 0 Å². The number of carbonyl (C=O) groups is 1. The van der Waals surface area contributed by atoms with Gasteiger partial charge in [-0.1, -0.05) is 0 Å². The van der Waals surface area contributed by atoms with Gasteiger partial charge < -0.3 is 14.9 Å². The van der Waals surface area contributed by atoms with E-state index in [2.05, 4.69) is 18.7 Å². The van der Waals surface area contributed by atoms with Crippen molar-refractivity contribution in [2.75, 3.05) is 31.6 Å². The molecular formula is C15H24N2O2. The van der Waals surface area contributed by atoms with Crippen LogP contribution < -0.4 is 4.90 Å². The van der Waals surface area contributed by atoms with Gasteiger partial charge in [0.05, 0.1) is 6.10 Å². The van der Waals surface area contributed by atoms with Crippen molar-refractivity contribution in [3.8, 4) is 0 Å². The van der Waals surface area contributed by atoms with Gasteiger partial charge in [0.1, 0.15) is 0 Å². The molecular weight excluding hydrogens is 240 g/mol. The second-order valence-electron chi connectivity index (χ2n) is 4.75. The van der Waals surface area contributed by atoms with Gasteiger partial charge in [-0.3, -0.25) is 4.79 Å². The average molecular weight is 264 g/mol. The molecule has 4 nitrogen and oxygen atoms in total. The molecule has 1 unspecified atom stereocenters. The first kappa shape index (κ1) is 15.5. The molecule has 1 rings (SSSR count). The van der Waals surface area contributed by atoms with Crippen LogP contribution in [0.1, 0.15) is 31.1 Å². The smallest absolute Gasteiger partial charge is 0.253 e. The Bertz CT molecular complexity index is 397. The lowest BCUT2D eigenvalue weighted by molar-refractivity contribution is 0.0704. The Kier molecular flexibility index (Phi) is 5.83. The first-order chi connectivity index (χ1) is 8.99. The molecule has 1 aromatic carbocycles. The predicted octanol–water partition coefficient (Wildman–Crippen LogP) is 1.99. The maximum Gasteiger partial charge on any atom is 0.253 e. The number of aliphatic hydroxyl groups excluding tert-OH is 1. The normalized spacial score (nSPS) is 12.1. The maximum atomic E-state index is 12.1. The zero-order chi connectivity index (χ0) is 14.4. The van der Waals surface area contributed by atoms with Crippen LogP contribution >= 0.6 is 0 Å². The number of likely N-dealkylation sites (N-methyl/N-ethyl adjacent to an activating group) is 1. The summed E-state index contributed by atoms with van der Waals surface area (Å²) in [6.07, 6.45) is -0.510. The zero-order valence-corrected chi connectivity index (χ0v) is 12.3. The summed E-state index contributed by atoms with van der Waals surface area (Å²) < 4.78 is 0. The van der Waals surface area contributed by atoms with E-state index in [1.54, 1.807) is 14.0 Å². The third-order valence-corrected chi connectivity index (χ3v) is 3.13. The number of hydrogen-bond donors (Lipinski definition) is 1. The number of carbonyl (C=O) groups excluding carboxylic acids is 1. The number of anilines is 1. The summed E-state index contributed by atoms with van der Waals surface area (Å²) in [7, 11) is 1.70. The highest BCUT2D eigenvalue weighted by Gasteiger charge is 2.13. The third-order valence-electron chi connectivity index (χ3n) is 3.13. The molecule has 1 N–H and O–H groups in total. The highest BCUT2D eigenvalue weighted by Crippen LogP contribution is 2.15. The van der Waals surface area contributed by atoms with Crippen LogP contribution in [0, 0.1) is 0 Å². The summed E-state index contributed by atoms with van der Waals surface area (Å²) >= 11 is 0. The molecule has 0 aliphatic carbocycles. The van der Waals surface area contributed by atoms with E-state index < -0.39 is 6.10 Å². The van der Waals surface area contributed by atoms with E-state index in [1.165, 1.54) is 4.90 Å². The van der Waals surface area contributed by atoms with Crippen molar-refractivity contribution in [3.63, 3.8) is 0 Å². The first-order valence-electron chi connectivity index (χ1n) is 6.78. The number of aliphatic hydroxyl groups is 1. The van der Waals surface area contributed by atoms with Gasteiger partial charge >= 0.3 is 0 Å². The molecule has 1 amide bonds. The van der Waals surface area contributed by atoms with Crippen molar-refractivity contribution in [2.45, 2.75) is 26.9 Å². The molecule has 0 spiro atoms. The van der Waals surface area contributed by atoms with Crippen LogP contribution in [-0.4, -0.2) is 48.7 Å². The minimum atomic E-state index is -0.510. The fraction of sp³-hybridized carbons (Fsp3) is 0.533. The Morgan fingerprint density at radius 3 is 2.16 bits per heavy atom. The van der Waals surface area contributed by atoms with E-state index in [-0.39, 0.29) is 5.91 Å². The molecule has 0 aliphatic rings. The molecule has 0 aliphatic heterocycles. The Hall–Kier alpha value is -1.55. The van der Waals surface area contributed by atoms with Crippen LogP contribution in [0.5, 0.6) is 0 Å². The van der Waals surface area contributed by atoms with Gasteiger partial charge in [-0.25, -0.2) is 0 Å². The Balaban J connectivity index is 2.78. The molecule has 1 atom stereocenters. The third kappa shape index (κ3) is 4.24. The van der Waals surface area contributed by atoms with Gasteiger partial charge in [0.25, 0.3) is 5.91 Å². The predicted molar refractivity (Wildman–Crippen MR) is 78.6 cm³/mol. The van der Waals surface area contributed by atoms with E-state index in [4.69, 9.17) is 0 Å². The summed E-state index contributed by atoms with van der Waals surface area (Å²) in [5.74, 6) is -0.0630. The van der Waals surface area contributed by atoms with Gasteiger partial charge in [-0.15, -0.1) is 0 Å². The number of nitrogens with zero attached hydrogens (tertiary/aromatic N) is 2. The van der Waals surface area contributed by atoms with E-state index in [1.807, 2.05) is 24.3 Å². The van der Waals surface area contributed by atoms with Gasteiger partial charge in [0.2, 0.25) is 0 Å². The fourth-order valence-corrected chi connectivity index (χ4v) is 2.10. The molecule has 0 heterocycles. The van der Waals surface area contributed by atoms with Crippen molar-refractivity contribution in [1.29, 1.82) is 0 Å². The van der Waals surface area contributed by atoms with Crippen molar-refractivity contribution in [1.82, 2.24) is 4.90 Å². The van der Waals surface area contributed by atoms with Crippen molar-refractivity contribution >= 4 is 11.6 Å². The molecule has 0 saturated heterocycles. The summed E-state index contributed by atoms with van der Waals surface area (Å²) in [6.45, 7) is 8.14. The molecule has 0 radical (unpaired) electrons. The summed E-state index contributed by atoms with van der Waals surface area (Å²) in [6, 6.07) is 7.62. The SMILES string of the molecule is CCN(CC)c1ccc(C(=O)N(C)CC(C)O)cc1. The first-order valence-corrected chi connectivity index (χ1v) is 6.78. The number of benzene rings is 1. The molecule has 4 heteroatoms. The molecule has 106 valence electrons. The molecule has 19 heavy (non-hydrogen) atoms. The summed E-state index contributed by atoms with van der Waals surface area (Å²) in [5.41, 5.74) is 1.78. The van der Waals surface area contributed by atoms with E-state index in [0.717, 1.165) is 18.8 Å². The molecule has 0 saturated carbocycles. The van der Waals surface area contributed by atoms with Gasteiger partial charge in [0, 0.05) is 37.9 Å². The van der Waals surface area contributed by atoms with Crippen LogP contribution in [0.4, 0.5) is 5.69 Å². The standard InChI is InChI=1S/C15H24N2O2/c1-5-17(6-2)14-9-7-13(8-10-14)15(19)16(4)11-12(3)18/h7-10,12,18H,5-6,11H2,1-4H3. The number of hydrogen-bond acceptors (Lipinski definition) is 3. The monoisotopic (exact) mass is 264 g/mol. The van der Waals surface area contributed by atoms with Gasteiger partial charge in [0.15, 0.2) is 0 Å². The molecule has 0 fully saturated rings. The highest BCUT2D eigenvalue weighted by atomic mass is 16.3. The topological polar surface area (TPSA) is 43.8 Å². The van der Waals surface area contributed by atoms with Crippen LogP contribution in [0.25, 0.3) is 0 Å². The largest absolute Gasteiger partial charge is 0.392 e. The maximum absolute atomic E-state index is 12.1. The second-order valence-corrected chi connectivity index (χ2v) is 4.75. The average Bonchev–Trinajstić information content (AvgIpc) is 2.39. The minimum absolute atomic E-state index is 0.0630. The van der Waals surface area contributed by atoms with Crippen LogP contribution in [-0.2, 0) is 0 Å². The lowest BCUT2D eigenvalue weighted by Crippen LogP contribution is -2.33. The number of amides is 1. The summed E-state index contributed by atoms with van der Waals surface area (Å²) in [5, 5.41) is 9.30. The van der Waals surface area contributed by atoms with Crippen LogP contribution in [0.3, 0.4) is 0 Å². The zero-order valence-electron chi connectivity index (χ0n) is 12.3. The van der Waals surface area contributed by atoms with Crippen molar-refractivity contribution in [3.05, 3.63) is 29.8 Å². The Morgan fingerprint density at radius 2 is 1.74 bits per heavy atom. The minimum Gasteiger partial charge on any atom is -0.392 e. The van der Waals surface area contributed by atoms with E-state index in [9.17, 15) is 9.90 Å². The lowest BCUT2D eigenvalue weighted by Gasteiger charge is -2.22. The molecule has 0 aromatic heterocycles. The van der Waals surface area contributed by atoms with Gasteiger partial charge in [-0.05, 0) is 45.0 Å². The fourth-order valence-electron chi connectivity index (χ4n) is 2.10. The number of rotatable bonds is 6. The molecule has 1 aromatic rings. The summed E-state index contributed by atoms with van der Waals surface area (Å²) in [4.78, 5) is 15.9. The second kappa shape index (κ2) is 7.14.